The first kappa shape index (κ1) is 11.3. The van der Waals surface area contributed by atoms with E-state index in [1.807, 2.05) is 6.07 Å². The molecule has 0 bridgehead atoms. The van der Waals surface area contributed by atoms with E-state index in [0.717, 1.165) is 4.74 Å². The predicted octanol–water partition coefficient (Wildman–Crippen LogP) is 2.25. The number of hydrogen-bond acceptors (Lipinski definition) is 4. The fraction of sp³-hybridized carbons (Fsp3) is 0. The molecule has 1 N–H and O–H groups in total. The van der Waals surface area contributed by atoms with Crippen LogP contribution in [0, 0.1) is 0 Å². The minimum Gasteiger partial charge on any atom is -0.479 e. The summed E-state index contributed by atoms with van der Waals surface area (Å²) in [5.74, 6) is -0.404. The third-order valence-electron chi connectivity index (χ3n) is 2.70. The Bertz CT molecular complexity index is 735. The second-order valence-corrected chi connectivity index (χ2v) is 3.96. The Morgan fingerprint density at radius 2 is 2.05 bits per heavy atom. The standard InChI is InChI=1S/C14H10N2O3/c17-13-12(10-5-2-1-3-6-10)14(18)19-16(13)9-11-7-4-8-15-11/h1-9,18H/b11-9+. The highest BCUT2D eigenvalue weighted by Crippen LogP contribution is 2.26. The lowest BCUT2D eigenvalue weighted by molar-refractivity contribution is 0.248. The molecule has 94 valence electrons. The van der Waals surface area contributed by atoms with E-state index in [1.54, 1.807) is 42.6 Å². The van der Waals surface area contributed by atoms with Gasteiger partial charge in [-0.25, -0.2) is 0 Å². The third kappa shape index (κ3) is 2.01. The van der Waals surface area contributed by atoms with Gasteiger partial charge in [0.05, 0.1) is 11.9 Å². The van der Waals surface area contributed by atoms with E-state index in [2.05, 4.69) is 4.99 Å². The zero-order valence-corrected chi connectivity index (χ0v) is 9.85. The Morgan fingerprint density at radius 3 is 2.74 bits per heavy atom. The summed E-state index contributed by atoms with van der Waals surface area (Å²) < 4.78 is 6.01. The first-order valence-electron chi connectivity index (χ1n) is 5.68. The molecular formula is C14H10N2O3. The van der Waals surface area contributed by atoms with Crippen LogP contribution in [0.15, 0.2) is 62.5 Å². The molecule has 0 unspecified atom stereocenters. The summed E-state index contributed by atoms with van der Waals surface area (Å²) in [4.78, 5) is 16.2. The van der Waals surface area contributed by atoms with Crippen LogP contribution in [0.2, 0.25) is 0 Å². The van der Waals surface area contributed by atoms with Gasteiger partial charge in [-0.05, 0) is 17.7 Å². The molecule has 1 aliphatic rings. The molecule has 0 radical (unpaired) electrons. The monoisotopic (exact) mass is 254 g/mol. The van der Waals surface area contributed by atoms with Crippen molar-refractivity contribution in [1.82, 2.24) is 4.74 Å². The van der Waals surface area contributed by atoms with Gasteiger partial charge in [-0.15, -0.1) is 4.74 Å². The maximum Gasteiger partial charge on any atom is 0.318 e. The van der Waals surface area contributed by atoms with Gasteiger partial charge in [-0.3, -0.25) is 9.79 Å². The Labute approximate surface area is 108 Å². The molecule has 5 heteroatoms. The number of hydrogen-bond donors (Lipinski definition) is 1. The molecule has 0 spiro atoms. The van der Waals surface area contributed by atoms with Crippen molar-refractivity contribution in [2.75, 3.05) is 0 Å². The van der Waals surface area contributed by atoms with Crippen LogP contribution >= 0.6 is 0 Å². The van der Waals surface area contributed by atoms with Gasteiger partial charge in [0, 0.05) is 6.21 Å². The molecule has 0 aliphatic carbocycles. The predicted molar refractivity (Wildman–Crippen MR) is 72.0 cm³/mol. The molecule has 0 saturated heterocycles. The van der Waals surface area contributed by atoms with Crippen LogP contribution in [-0.2, 0) is 0 Å². The Hall–Kier alpha value is -2.82. The first-order chi connectivity index (χ1) is 9.25. The Balaban J connectivity index is 2.12. The van der Waals surface area contributed by atoms with Crippen molar-refractivity contribution >= 4 is 12.4 Å². The summed E-state index contributed by atoms with van der Waals surface area (Å²) in [5, 5.41) is 9.77. The number of benzene rings is 1. The van der Waals surface area contributed by atoms with Gasteiger partial charge >= 0.3 is 5.95 Å². The van der Waals surface area contributed by atoms with Crippen molar-refractivity contribution in [2.24, 2.45) is 4.99 Å². The van der Waals surface area contributed by atoms with Gasteiger partial charge in [-0.2, -0.15) is 0 Å². The number of aromatic nitrogens is 1. The highest BCUT2D eigenvalue weighted by atomic mass is 16.6. The van der Waals surface area contributed by atoms with E-state index in [9.17, 15) is 9.90 Å². The maximum atomic E-state index is 12.2. The minimum atomic E-state index is -0.424. The van der Waals surface area contributed by atoms with Crippen LogP contribution in [0.5, 0.6) is 5.95 Å². The fourth-order valence-electron chi connectivity index (χ4n) is 1.83. The van der Waals surface area contributed by atoms with E-state index >= 15 is 0 Å². The maximum absolute atomic E-state index is 12.2. The second kappa shape index (κ2) is 4.45. The normalized spacial score (nSPS) is 15.5. The van der Waals surface area contributed by atoms with E-state index in [-0.39, 0.29) is 5.56 Å². The SMILES string of the molecule is O=c1c(-c2ccccc2)c(O)on1/C=C1\C=CC=N1. The van der Waals surface area contributed by atoms with Gasteiger partial charge in [0.25, 0.3) is 5.56 Å². The highest BCUT2D eigenvalue weighted by Gasteiger charge is 2.17. The van der Waals surface area contributed by atoms with Crippen molar-refractivity contribution in [2.45, 2.75) is 0 Å². The zero-order chi connectivity index (χ0) is 13.2. The minimum absolute atomic E-state index is 0.142. The lowest BCUT2D eigenvalue weighted by Gasteiger charge is -1.93. The molecule has 2 aromatic rings. The van der Waals surface area contributed by atoms with Crippen LogP contribution in [0.1, 0.15) is 0 Å². The van der Waals surface area contributed by atoms with Crippen molar-refractivity contribution in [3.05, 3.63) is 58.5 Å². The largest absolute Gasteiger partial charge is 0.479 e. The van der Waals surface area contributed by atoms with E-state index in [1.165, 1.54) is 6.20 Å². The Morgan fingerprint density at radius 1 is 1.26 bits per heavy atom. The zero-order valence-electron chi connectivity index (χ0n) is 9.85. The number of rotatable bonds is 2. The second-order valence-electron chi connectivity index (χ2n) is 3.96. The van der Waals surface area contributed by atoms with Crippen molar-refractivity contribution < 1.29 is 9.63 Å². The molecule has 1 aromatic heterocycles. The molecule has 0 saturated carbocycles. The van der Waals surface area contributed by atoms with E-state index < -0.39 is 11.5 Å². The number of allylic oxidation sites excluding steroid dienone is 2. The average molecular weight is 254 g/mol. The topological polar surface area (TPSA) is 67.7 Å². The van der Waals surface area contributed by atoms with Gasteiger partial charge in [0.15, 0.2) is 0 Å². The van der Waals surface area contributed by atoms with Crippen LogP contribution in [0.3, 0.4) is 0 Å². The third-order valence-corrected chi connectivity index (χ3v) is 2.70. The summed E-state index contributed by atoms with van der Waals surface area (Å²) in [6.07, 6.45) is 6.51. The van der Waals surface area contributed by atoms with Gasteiger partial charge in [0.2, 0.25) is 0 Å². The van der Waals surface area contributed by atoms with Crippen molar-refractivity contribution in [1.29, 1.82) is 0 Å². The van der Waals surface area contributed by atoms with Crippen molar-refractivity contribution in [3.8, 4) is 17.1 Å². The molecule has 0 fully saturated rings. The van der Waals surface area contributed by atoms with Gasteiger partial charge < -0.3 is 9.63 Å². The smallest absolute Gasteiger partial charge is 0.318 e. The van der Waals surface area contributed by atoms with Gasteiger partial charge in [0.1, 0.15) is 5.56 Å². The molecule has 2 heterocycles. The molecule has 3 rings (SSSR count). The lowest BCUT2D eigenvalue weighted by atomic mass is 10.1. The quantitative estimate of drug-likeness (QED) is 0.893. The molecule has 0 amide bonds. The summed E-state index contributed by atoms with van der Waals surface area (Å²) >= 11 is 0. The number of aromatic hydroxyl groups is 1. The lowest BCUT2D eigenvalue weighted by Crippen LogP contribution is -2.10. The molecule has 1 aliphatic heterocycles. The number of nitrogens with zero attached hydrogens (tertiary/aromatic N) is 2. The van der Waals surface area contributed by atoms with Crippen LogP contribution in [0.25, 0.3) is 17.3 Å². The van der Waals surface area contributed by atoms with E-state index in [0.29, 0.717) is 11.3 Å². The van der Waals surface area contributed by atoms with Crippen LogP contribution in [0.4, 0.5) is 0 Å². The highest BCUT2D eigenvalue weighted by molar-refractivity contribution is 5.78. The van der Waals surface area contributed by atoms with E-state index in [4.69, 9.17) is 4.52 Å². The van der Waals surface area contributed by atoms with Crippen molar-refractivity contribution in [3.63, 3.8) is 0 Å². The summed E-state index contributed by atoms with van der Waals surface area (Å²) in [6, 6.07) is 8.87. The van der Waals surface area contributed by atoms with Crippen LogP contribution in [-0.4, -0.2) is 16.1 Å². The first-order valence-corrected chi connectivity index (χ1v) is 5.68. The average Bonchev–Trinajstić information content (AvgIpc) is 3.01. The van der Waals surface area contributed by atoms with Crippen LogP contribution < -0.4 is 5.56 Å². The molecule has 19 heavy (non-hydrogen) atoms. The van der Waals surface area contributed by atoms with Gasteiger partial charge in [-0.1, -0.05) is 30.3 Å². The molecule has 1 aromatic carbocycles. The number of aliphatic imine (C=N–C) groups is 1. The summed E-state index contributed by atoms with van der Waals surface area (Å²) in [6.45, 7) is 0. The summed E-state index contributed by atoms with van der Waals surface area (Å²) in [7, 11) is 0. The molecule has 5 nitrogen and oxygen atoms in total. The Kier molecular flexibility index (Phi) is 2.64. The molecular weight excluding hydrogens is 244 g/mol. The molecule has 0 atom stereocenters. The summed E-state index contributed by atoms with van der Waals surface area (Å²) in [5.41, 5.74) is 0.905. The fourth-order valence-corrected chi connectivity index (χ4v) is 1.83.